The predicted molar refractivity (Wildman–Crippen MR) is 79.8 cm³/mol. The Morgan fingerprint density at radius 3 is 2.62 bits per heavy atom. The van der Waals surface area contributed by atoms with E-state index in [9.17, 15) is 0 Å². The zero-order chi connectivity index (χ0) is 14.5. The molecule has 1 N–H and O–H groups in total. The molecule has 2 heterocycles. The maximum atomic E-state index is 5.76. The molecule has 0 bridgehead atoms. The molecule has 0 aliphatic carbocycles. The van der Waals surface area contributed by atoms with Crippen molar-refractivity contribution in [1.82, 2.24) is 15.3 Å². The molecule has 1 unspecified atom stereocenters. The van der Waals surface area contributed by atoms with Crippen molar-refractivity contribution in [3.63, 3.8) is 0 Å². The van der Waals surface area contributed by atoms with Crippen LogP contribution in [0.2, 0.25) is 0 Å². The number of nitrogens with zero attached hydrogens (tertiary/aromatic N) is 2. The third-order valence-electron chi connectivity index (χ3n) is 3.57. The number of nitrogens with one attached hydrogen (secondary N) is 1. The van der Waals surface area contributed by atoms with Crippen LogP contribution in [0.15, 0.2) is 36.7 Å². The summed E-state index contributed by atoms with van der Waals surface area (Å²) in [6.07, 6.45) is 6.73. The number of benzene rings is 1. The van der Waals surface area contributed by atoms with Crippen molar-refractivity contribution in [1.29, 1.82) is 0 Å². The van der Waals surface area contributed by atoms with E-state index in [1.165, 1.54) is 12.8 Å². The minimum absolute atomic E-state index is 0.506. The highest BCUT2D eigenvalue weighted by Crippen LogP contribution is 2.30. The third kappa shape index (κ3) is 3.49. The Hall–Kier alpha value is -2.14. The summed E-state index contributed by atoms with van der Waals surface area (Å²) in [4.78, 5) is 8.75. The lowest BCUT2D eigenvalue weighted by molar-refractivity contribution is 0.377. The molecule has 1 fully saturated rings. The second kappa shape index (κ2) is 6.54. The fourth-order valence-electron chi connectivity index (χ4n) is 2.48. The van der Waals surface area contributed by atoms with Gasteiger partial charge in [-0.3, -0.25) is 0 Å². The molecule has 5 nitrogen and oxygen atoms in total. The molecule has 1 aromatic heterocycles. The molecule has 2 aromatic rings. The van der Waals surface area contributed by atoms with Gasteiger partial charge in [-0.25, -0.2) is 9.97 Å². The van der Waals surface area contributed by atoms with E-state index in [1.807, 2.05) is 24.3 Å². The van der Waals surface area contributed by atoms with Gasteiger partial charge in [0.25, 0.3) is 0 Å². The van der Waals surface area contributed by atoms with Crippen molar-refractivity contribution in [2.24, 2.45) is 0 Å². The van der Waals surface area contributed by atoms with Crippen molar-refractivity contribution >= 4 is 0 Å². The van der Waals surface area contributed by atoms with Crippen molar-refractivity contribution in [3.8, 4) is 17.2 Å². The minimum Gasteiger partial charge on any atom is -0.493 e. The summed E-state index contributed by atoms with van der Waals surface area (Å²) in [6.45, 7) is 1.10. The summed E-state index contributed by atoms with van der Waals surface area (Å²) in [5.41, 5.74) is 0. The minimum atomic E-state index is 0.506. The molecule has 1 atom stereocenters. The van der Waals surface area contributed by atoms with Crippen molar-refractivity contribution in [2.45, 2.75) is 25.3 Å². The van der Waals surface area contributed by atoms with Crippen LogP contribution in [-0.4, -0.2) is 29.7 Å². The first kappa shape index (κ1) is 13.8. The van der Waals surface area contributed by atoms with Crippen LogP contribution in [0.4, 0.5) is 0 Å². The monoisotopic (exact) mass is 285 g/mol. The summed E-state index contributed by atoms with van der Waals surface area (Å²) in [5, 5.41) is 3.45. The Labute approximate surface area is 124 Å². The van der Waals surface area contributed by atoms with Gasteiger partial charge in [-0.15, -0.1) is 0 Å². The third-order valence-corrected chi connectivity index (χ3v) is 3.57. The van der Waals surface area contributed by atoms with E-state index >= 15 is 0 Å². The topological polar surface area (TPSA) is 56.3 Å². The molecule has 0 radical (unpaired) electrons. The number of methoxy groups -OCH3 is 1. The molecule has 110 valence electrons. The molecule has 1 saturated heterocycles. The fourth-order valence-corrected chi connectivity index (χ4v) is 2.48. The maximum Gasteiger partial charge on any atom is 0.169 e. The summed E-state index contributed by atoms with van der Waals surface area (Å²) in [5.74, 6) is 2.81. The van der Waals surface area contributed by atoms with Gasteiger partial charge in [-0.05, 0) is 31.5 Å². The SMILES string of the molecule is COc1ccccc1Oc1cnc(CC2CCCN2)nc1. The van der Waals surface area contributed by atoms with E-state index in [0.717, 1.165) is 18.8 Å². The number of rotatable bonds is 5. The quantitative estimate of drug-likeness (QED) is 0.915. The first-order valence-electron chi connectivity index (χ1n) is 7.20. The number of ether oxygens (including phenoxy) is 2. The van der Waals surface area contributed by atoms with Gasteiger partial charge in [-0.2, -0.15) is 0 Å². The van der Waals surface area contributed by atoms with Crippen LogP contribution >= 0.6 is 0 Å². The van der Waals surface area contributed by atoms with Gasteiger partial charge in [0.15, 0.2) is 17.2 Å². The highest BCUT2D eigenvalue weighted by atomic mass is 16.5. The average molecular weight is 285 g/mol. The summed E-state index contributed by atoms with van der Waals surface area (Å²) in [6, 6.07) is 8.02. The summed E-state index contributed by atoms with van der Waals surface area (Å²) >= 11 is 0. The zero-order valence-corrected chi connectivity index (χ0v) is 12.1. The van der Waals surface area contributed by atoms with Gasteiger partial charge in [0.05, 0.1) is 19.5 Å². The molecule has 0 saturated carbocycles. The standard InChI is InChI=1S/C16H19N3O2/c1-20-14-6-2-3-7-15(14)21-13-10-18-16(19-11-13)9-12-5-4-8-17-12/h2-3,6-7,10-12,17H,4-5,8-9H2,1H3. The number of hydrogen-bond acceptors (Lipinski definition) is 5. The van der Waals surface area contributed by atoms with E-state index in [2.05, 4.69) is 15.3 Å². The van der Waals surface area contributed by atoms with Crippen LogP contribution in [0.1, 0.15) is 18.7 Å². The second-order valence-corrected chi connectivity index (χ2v) is 5.09. The van der Waals surface area contributed by atoms with E-state index in [-0.39, 0.29) is 0 Å². The lowest BCUT2D eigenvalue weighted by Crippen LogP contribution is -2.24. The van der Waals surface area contributed by atoms with E-state index in [1.54, 1.807) is 19.5 Å². The predicted octanol–water partition coefficient (Wildman–Crippen LogP) is 2.57. The van der Waals surface area contributed by atoms with E-state index in [0.29, 0.717) is 23.3 Å². The van der Waals surface area contributed by atoms with Crippen LogP contribution in [0.5, 0.6) is 17.2 Å². The first-order chi connectivity index (χ1) is 10.3. The average Bonchev–Trinajstić information content (AvgIpc) is 3.03. The second-order valence-electron chi connectivity index (χ2n) is 5.09. The van der Waals surface area contributed by atoms with Gasteiger partial charge < -0.3 is 14.8 Å². The lowest BCUT2D eigenvalue weighted by atomic mass is 10.1. The highest BCUT2D eigenvalue weighted by molar-refractivity contribution is 5.41. The molecule has 1 aromatic carbocycles. The zero-order valence-electron chi connectivity index (χ0n) is 12.1. The lowest BCUT2D eigenvalue weighted by Gasteiger charge is -2.11. The fraction of sp³-hybridized carbons (Fsp3) is 0.375. The van der Waals surface area contributed by atoms with Gasteiger partial charge in [0.2, 0.25) is 0 Å². The van der Waals surface area contributed by atoms with E-state index < -0.39 is 0 Å². The number of para-hydroxylation sites is 2. The molecule has 21 heavy (non-hydrogen) atoms. The Morgan fingerprint density at radius 2 is 1.95 bits per heavy atom. The van der Waals surface area contributed by atoms with Gasteiger partial charge >= 0.3 is 0 Å². The summed E-state index contributed by atoms with van der Waals surface area (Å²) < 4.78 is 11.0. The van der Waals surface area contributed by atoms with Crippen molar-refractivity contribution < 1.29 is 9.47 Å². The first-order valence-corrected chi connectivity index (χ1v) is 7.20. The molecule has 0 spiro atoms. The van der Waals surface area contributed by atoms with Gasteiger partial charge in [-0.1, -0.05) is 12.1 Å². The summed E-state index contributed by atoms with van der Waals surface area (Å²) in [7, 11) is 1.62. The van der Waals surface area contributed by atoms with Crippen molar-refractivity contribution in [2.75, 3.05) is 13.7 Å². The smallest absolute Gasteiger partial charge is 0.169 e. The molecule has 1 aliphatic heterocycles. The maximum absolute atomic E-state index is 5.76. The van der Waals surface area contributed by atoms with Crippen LogP contribution in [-0.2, 0) is 6.42 Å². The Morgan fingerprint density at radius 1 is 1.19 bits per heavy atom. The van der Waals surface area contributed by atoms with Gasteiger partial charge in [0.1, 0.15) is 5.82 Å². The largest absolute Gasteiger partial charge is 0.493 e. The van der Waals surface area contributed by atoms with Crippen LogP contribution in [0, 0.1) is 0 Å². The molecule has 0 amide bonds. The Bertz CT molecular complexity index is 580. The van der Waals surface area contributed by atoms with Crippen molar-refractivity contribution in [3.05, 3.63) is 42.5 Å². The highest BCUT2D eigenvalue weighted by Gasteiger charge is 2.15. The normalized spacial score (nSPS) is 17.7. The van der Waals surface area contributed by atoms with E-state index in [4.69, 9.17) is 9.47 Å². The van der Waals surface area contributed by atoms with Gasteiger partial charge in [0, 0.05) is 12.5 Å². The molecule has 5 heteroatoms. The van der Waals surface area contributed by atoms with Crippen LogP contribution < -0.4 is 14.8 Å². The Kier molecular flexibility index (Phi) is 4.31. The van der Waals surface area contributed by atoms with Crippen LogP contribution in [0.25, 0.3) is 0 Å². The van der Waals surface area contributed by atoms with Crippen LogP contribution in [0.3, 0.4) is 0 Å². The number of hydrogen-bond donors (Lipinski definition) is 1. The Balaban J connectivity index is 1.66. The molecular weight excluding hydrogens is 266 g/mol. The molecule has 1 aliphatic rings. The molecule has 3 rings (SSSR count). The molecular formula is C16H19N3O2. The number of aromatic nitrogens is 2.